The van der Waals surface area contributed by atoms with Crippen LogP contribution in [0.5, 0.6) is 6.01 Å². The van der Waals surface area contributed by atoms with Crippen molar-refractivity contribution in [2.45, 2.75) is 26.5 Å². The van der Waals surface area contributed by atoms with E-state index in [1.165, 1.54) is 12.1 Å². The molecule has 0 spiro atoms. The highest BCUT2D eigenvalue weighted by Crippen LogP contribution is 2.17. The Labute approximate surface area is 126 Å². The number of halogens is 2. The predicted octanol–water partition coefficient (Wildman–Crippen LogP) is 2.65. The molecule has 0 aliphatic carbocycles. The van der Waals surface area contributed by atoms with Crippen molar-refractivity contribution in [2.24, 2.45) is 0 Å². The molecule has 0 aliphatic heterocycles. The van der Waals surface area contributed by atoms with Gasteiger partial charge < -0.3 is 15.8 Å². The fraction of sp³-hybridized carbons (Fsp3) is 0.308. The molecule has 2 aromatic rings. The molecule has 1 aromatic carbocycles. The first kappa shape index (κ1) is 15.2. The quantitative estimate of drug-likeness (QED) is 0.883. The number of nitrogens with zero attached hydrogens (tertiary/aromatic N) is 3. The van der Waals surface area contributed by atoms with Crippen molar-refractivity contribution in [3.63, 3.8) is 0 Å². The van der Waals surface area contributed by atoms with E-state index < -0.39 is 5.82 Å². The van der Waals surface area contributed by atoms with Gasteiger partial charge in [-0.2, -0.15) is 15.0 Å². The third-order valence-electron chi connectivity index (χ3n) is 2.41. The number of benzene rings is 1. The highest BCUT2D eigenvalue weighted by atomic mass is 35.5. The lowest BCUT2D eigenvalue weighted by molar-refractivity contribution is 0.222. The number of rotatable bonds is 5. The van der Waals surface area contributed by atoms with Crippen molar-refractivity contribution in [3.05, 3.63) is 34.6 Å². The van der Waals surface area contributed by atoms with E-state index in [1.54, 1.807) is 6.07 Å². The van der Waals surface area contributed by atoms with E-state index in [0.717, 1.165) is 5.56 Å². The van der Waals surface area contributed by atoms with Crippen molar-refractivity contribution in [3.8, 4) is 6.01 Å². The predicted molar refractivity (Wildman–Crippen MR) is 78.7 cm³/mol. The summed E-state index contributed by atoms with van der Waals surface area (Å²) in [6, 6.07) is 4.59. The van der Waals surface area contributed by atoms with Crippen LogP contribution in [-0.4, -0.2) is 21.1 Å². The Hall–Kier alpha value is -2.15. The summed E-state index contributed by atoms with van der Waals surface area (Å²) in [4.78, 5) is 11.9. The van der Waals surface area contributed by atoms with Crippen LogP contribution >= 0.6 is 11.6 Å². The summed E-state index contributed by atoms with van der Waals surface area (Å²) in [5.41, 5.74) is 6.38. The van der Waals surface area contributed by atoms with E-state index in [1.807, 2.05) is 13.8 Å². The van der Waals surface area contributed by atoms with Gasteiger partial charge in [-0.25, -0.2) is 4.39 Å². The van der Waals surface area contributed by atoms with E-state index in [2.05, 4.69) is 20.3 Å². The first-order valence-corrected chi connectivity index (χ1v) is 6.68. The molecule has 1 aromatic heterocycles. The Morgan fingerprint density at radius 2 is 2.10 bits per heavy atom. The maximum Gasteiger partial charge on any atom is 0.323 e. The lowest BCUT2D eigenvalue weighted by Gasteiger charge is -2.10. The van der Waals surface area contributed by atoms with E-state index in [4.69, 9.17) is 22.1 Å². The van der Waals surface area contributed by atoms with Crippen LogP contribution in [0.15, 0.2) is 18.2 Å². The van der Waals surface area contributed by atoms with Crippen LogP contribution in [-0.2, 0) is 6.54 Å². The summed E-state index contributed by atoms with van der Waals surface area (Å²) in [5.74, 6) is -0.128. The number of nitrogens with one attached hydrogen (secondary N) is 1. The molecule has 0 radical (unpaired) electrons. The van der Waals surface area contributed by atoms with Gasteiger partial charge in [0.05, 0.1) is 11.1 Å². The van der Waals surface area contributed by atoms with E-state index in [9.17, 15) is 4.39 Å². The third-order valence-corrected chi connectivity index (χ3v) is 2.70. The van der Waals surface area contributed by atoms with Gasteiger partial charge in [-0.05, 0) is 31.5 Å². The molecule has 2 rings (SSSR count). The smallest absolute Gasteiger partial charge is 0.323 e. The first-order chi connectivity index (χ1) is 9.94. The van der Waals surface area contributed by atoms with Gasteiger partial charge in [0.15, 0.2) is 0 Å². The molecule has 0 aliphatic rings. The summed E-state index contributed by atoms with van der Waals surface area (Å²) >= 11 is 5.72. The van der Waals surface area contributed by atoms with Crippen LogP contribution < -0.4 is 15.8 Å². The van der Waals surface area contributed by atoms with Gasteiger partial charge in [-0.3, -0.25) is 0 Å². The number of hydrogen-bond acceptors (Lipinski definition) is 6. The molecule has 6 nitrogen and oxygen atoms in total. The van der Waals surface area contributed by atoms with Gasteiger partial charge in [0.25, 0.3) is 0 Å². The highest BCUT2D eigenvalue weighted by Gasteiger charge is 2.07. The van der Waals surface area contributed by atoms with Crippen LogP contribution in [0.1, 0.15) is 19.4 Å². The van der Waals surface area contributed by atoms with Crippen molar-refractivity contribution in [1.29, 1.82) is 0 Å². The van der Waals surface area contributed by atoms with Gasteiger partial charge in [0, 0.05) is 6.54 Å². The van der Waals surface area contributed by atoms with E-state index in [0.29, 0.717) is 6.54 Å². The highest BCUT2D eigenvalue weighted by molar-refractivity contribution is 6.30. The van der Waals surface area contributed by atoms with Crippen LogP contribution in [0.4, 0.5) is 16.3 Å². The molecule has 0 unspecified atom stereocenters. The van der Waals surface area contributed by atoms with Crippen molar-refractivity contribution in [1.82, 2.24) is 15.0 Å². The molecular formula is C13H15ClFN5O. The second kappa shape index (κ2) is 6.53. The summed E-state index contributed by atoms with van der Waals surface area (Å²) < 4.78 is 18.4. The SMILES string of the molecule is CC(C)Oc1nc(N)nc(NCc2ccc(F)c(Cl)c2)n1. The fourth-order valence-electron chi connectivity index (χ4n) is 1.55. The summed E-state index contributed by atoms with van der Waals surface area (Å²) in [7, 11) is 0. The monoisotopic (exact) mass is 311 g/mol. The third kappa shape index (κ3) is 4.42. The fourth-order valence-corrected chi connectivity index (χ4v) is 1.75. The van der Waals surface area contributed by atoms with Crippen molar-refractivity contribution < 1.29 is 9.13 Å². The van der Waals surface area contributed by atoms with Gasteiger partial charge in [-0.1, -0.05) is 17.7 Å². The van der Waals surface area contributed by atoms with Crippen molar-refractivity contribution in [2.75, 3.05) is 11.1 Å². The number of nitrogen functional groups attached to an aromatic ring is 1. The normalized spacial score (nSPS) is 10.7. The Bertz CT molecular complexity index is 638. The van der Waals surface area contributed by atoms with Gasteiger partial charge in [0.2, 0.25) is 11.9 Å². The zero-order chi connectivity index (χ0) is 15.4. The average molecular weight is 312 g/mol. The molecule has 0 saturated carbocycles. The average Bonchev–Trinajstić information content (AvgIpc) is 2.39. The zero-order valence-corrected chi connectivity index (χ0v) is 12.4. The Morgan fingerprint density at radius 1 is 1.33 bits per heavy atom. The first-order valence-electron chi connectivity index (χ1n) is 6.30. The maximum atomic E-state index is 13.1. The van der Waals surface area contributed by atoms with Gasteiger partial charge in [-0.15, -0.1) is 0 Å². The molecule has 0 saturated heterocycles. The number of hydrogen-bond donors (Lipinski definition) is 2. The number of nitrogens with two attached hydrogens (primary N) is 1. The molecule has 0 atom stereocenters. The van der Waals surface area contributed by atoms with Crippen LogP contribution in [0.3, 0.4) is 0 Å². The molecule has 0 fully saturated rings. The van der Waals surface area contributed by atoms with Gasteiger partial charge >= 0.3 is 6.01 Å². The lowest BCUT2D eigenvalue weighted by Crippen LogP contribution is -2.13. The molecule has 0 amide bonds. The number of anilines is 2. The van der Waals surface area contributed by atoms with Crippen molar-refractivity contribution >= 4 is 23.5 Å². The minimum atomic E-state index is -0.461. The number of ether oxygens (including phenoxy) is 1. The van der Waals surface area contributed by atoms with E-state index in [-0.39, 0.29) is 29.0 Å². The zero-order valence-electron chi connectivity index (χ0n) is 11.6. The molecule has 21 heavy (non-hydrogen) atoms. The van der Waals surface area contributed by atoms with E-state index >= 15 is 0 Å². The Balaban J connectivity index is 2.08. The lowest BCUT2D eigenvalue weighted by atomic mass is 10.2. The summed E-state index contributed by atoms with van der Waals surface area (Å²) in [6.45, 7) is 4.08. The number of aromatic nitrogens is 3. The van der Waals surface area contributed by atoms with Crippen LogP contribution in [0.2, 0.25) is 5.02 Å². The Kier molecular flexibility index (Phi) is 4.74. The molecular weight excluding hydrogens is 297 g/mol. The largest absolute Gasteiger partial charge is 0.461 e. The Morgan fingerprint density at radius 3 is 2.76 bits per heavy atom. The molecule has 8 heteroatoms. The summed E-state index contributed by atoms with van der Waals surface area (Å²) in [5, 5.41) is 3.02. The molecule has 112 valence electrons. The minimum absolute atomic E-state index is 0.0558. The van der Waals surface area contributed by atoms with Crippen LogP contribution in [0, 0.1) is 5.82 Å². The summed E-state index contributed by atoms with van der Waals surface area (Å²) in [6.07, 6.45) is -0.0736. The second-order valence-corrected chi connectivity index (χ2v) is 4.98. The van der Waals surface area contributed by atoms with Crippen LogP contribution in [0.25, 0.3) is 0 Å². The minimum Gasteiger partial charge on any atom is -0.461 e. The topological polar surface area (TPSA) is 86.0 Å². The maximum absolute atomic E-state index is 13.1. The second-order valence-electron chi connectivity index (χ2n) is 4.57. The molecule has 1 heterocycles. The van der Waals surface area contributed by atoms with Gasteiger partial charge in [0.1, 0.15) is 5.82 Å². The standard InChI is InChI=1S/C13H15ClFN5O/c1-7(2)21-13-19-11(16)18-12(20-13)17-6-8-3-4-10(15)9(14)5-8/h3-5,7H,6H2,1-2H3,(H3,16,17,18,19,20). The molecule has 0 bridgehead atoms. The molecule has 3 N–H and O–H groups in total.